The molecular weight excluding hydrogens is 250 g/mol. The first-order valence-corrected chi connectivity index (χ1v) is 7.54. The molecule has 1 aromatic rings. The van der Waals surface area contributed by atoms with Crippen molar-refractivity contribution in [2.45, 2.75) is 39.2 Å². The highest BCUT2D eigenvalue weighted by Gasteiger charge is 2.13. The van der Waals surface area contributed by atoms with Crippen LogP contribution < -0.4 is 10.1 Å². The van der Waals surface area contributed by atoms with Gasteiger partial charge >= 0.3 is 0 Å². The molecule has 1 N–H and O–H groups in total. The average molecular weight is 279 g/mol. The molecule has 0 aliphatic rings. The predicted molar refractivity (Wildman–Crippen MR) is 84.4 cm³/mol. The van der Waals surface area contributed by atoms with E-state index in [1.807, 2.05) is 6.07 Å². The molecule has 0 aliphatic heterocycles. The van der Waals surface area contributed by atoms with Crippen molar-refractivity contribution in [3.63, 3.8) is 0 Å². The molecule has 2 unspecified atom stereocenters. The van der Waals surface area contributed by atoms with Crippen LogP contribution in [0.4, 0.5) is 0 Å². The summed E-state index contributed by atoms with van der Waals surface area (Å²) in [6.45, 7) is 6.33. The van der Waals surface area contributed by atoms with Gasteiger partial charge < -0.3 is 14.8 Å². The highest BCUT2D eigenvalue weighted by molar-refractivity contribution is 5.28. The summed E-state index contributed by atoms with van der Waals surface area (Å²) in [7, 11) is 3.49. The summed E-state index contributed by atoms with van der Waals surface area (Å²) in [6.07, 6.45) is 3.32. The number of hydrogen-bond acceptors (Lipinski definition) is 3. The second-order valence-electron chi connectivity index (χ2n) is 5.50. The van der Waals surface area contributed by atoms with Gasteiger partial charge in [0, 0.05) is 19.8 Å². The summed E-state index contributed by atoms with van der Waals surface area (Å²) < 4.78 is 10.5. The predicted octanol–water partition coefficient (Wildman–Crippen LogP) is 3.28. The van der Waals surface area contributed by atoms with Crippen molar-refractivity contribution in [2.24, 2.45) is 5.92 Å². The Morgan fingerprint density at radius 2 is 2.05 bits per heavy atom. The lowest BCUT2D eigenvalue weighted by Crippen LogP contribution is -2.34. The minimum atomic E-state index is 0.493. The maximum atomic E-state index is 5.30. The molecule has 0 saturated carbocycles. The second-order valence-corrected chi connectivity index (χ2v) is 5.50. The van der Waals surface area contributed by atoms with E-state index >= 15 is 0 Å². The topological polar surface area (TPSA) is 30.5 Å². The fraction of sp³-hybridized carbons (Fsp3) is 0.647. The molecule has 0 radical (unpaired) electrons. The summed E-state index contributed by atoms with van der Waals surface area (Å²) in [6, 6.07) is 8.84. The minimum absolute atomic E-state index is 0.493. The second kappa shape index (κ2) is 9.78. The fourth-order valence-corrected chi connectivity index (χ4v) is 2.51. The normalized spacial score (nSPS) is 14.0. The zero-order chi connectivity index (χ0) is 14.8. The standard InChI is InChI=1S/C17H29NO2/c1-5-9-18-16(10-14(2)13-19-3)11-15-7-6-8-17(12-15)20-4/h6-8,12,14,16,18H,5,9-11,13H2,1-4H3. The largest absolute Gasteiger partial charge is 0.497 e. The zero-order valence-electron chi connectivity index (χ0n) is 13.3. The molecule has 0 heterocycles. The summed E-state index contributed by atoms with van der Waals surface area (Å²) in [4.78, 5) is 0. The number of ether oxygens (including phenoxy) is 2. The summed E-state index contributed by atoms with van der Waals surface area (Å²) in [5, 5.41) is 3.65. The number of rotatable bonds is 10. The van der Waals surface area contributed by atoms with E-state index in [-0.39, 0.29) is 0 Å². The molecule has 2 atom stereocenters. The number of hydrogen-bond donors (Lipinski definition) is 1. The molecule has 20 heavy (non-hydrogen) atoms. The monoisotopic (exact) mass is 279 g/mol. The smallest absolute Gasteiger partial charge is 0.119 e. The molecule has 1 aromatic carbocycles. The van der Waals surface area contributed by atoms with Crippen LogP contribution in [0.15, 0.2) is 24.3 Å². The zero-order valence-corrected chi connectivity index (χ0v) is 13.3. The third-order valence-electron chi connectivity index (χ3n) is 3.44. The van der Waals surface area contributed by atoms with Crippen LogP contribution in [0.3, 0.4) is 0 Å². The number of methoxy groups -OCH3 is 2. The third-order valence-corrected chi connectivity index (χ3v) is 3.44. The van der Waals surface area contributed by atoms with E-state index in [0.717, 1.165) is 38.2 Å². The van der Waals surface area contributed by atoms with Crippen LogP contribution in [0.5, 0.6) is 5.75 Å². The van der Waals surface area contributed by atoms with Crippen LogP contribution in [0.1, 0.15) is 32.3 Å². The van der Waals surface area contributed by atoms with Gasteiger partial charge in [-0.1, -0.05) is 26.0 Å². The van der Waals surface area contributed by atoms with Crippen molar-refractivity contribution < 1.29 is 9.47 Å². The molecule has 0 aliphatic carbocycles. The van der Waals surface area contributed by atoms with Crippen molar-refractivity contribution in [2.75, 3.05) is 27.4 Å². The van der Waals surface area contributed by atoms with Crippen molar-refractivity contribution in [1.29, 1.82) is 0 Å². The SMILES string of the molecule is CCCNC(Cc1cccc(OC)c1)CC(C)COC. The van der Waals surface area contributed by atoms with Gasteiger partial charge in [0.15, 0.2) is 0 Å². The van der Waals surface area contributed by atoms with Crippen molar-refractivity contribution >= 4 is 0 Å². The Labute approximate surface area is 123 Å². The maximum Gasteiger partial charge on any atom is 0.119 e. The van der Waals surface area contributed by atoms with Gasteiger partial charge in [0.1, 0.15) is 5.75 Å². The molecule has 0 amide bonds. The first kappa shape index (κ1) is 17.0. The van der Waals surface area contributed by atoms with E-state index in [0.29, 0.717) is 12.0 Å². The van der Waals surface area contributed by atoms with Gasteiger partial charge in [0.05, 0.1) is 7.11 Å². The lowest BCUT2D eigenvalue weighted by atomic mass is 9.96. The number of nitrogens with one attached hydrogen (secondary N) is 1. The van der Waals surface area contributed by atoms with E-state index in [2.05, 4.69) is 37.4 Å². The molecule has 3 heteroatoms. The van der Waals surface area contributed by atoms with Gasteiger partial charge in [-0.25, -0.2) is 0 Å². The highest BCUT2D eigenvalue weighted by atomic mass is 16.5. The third kappa shape index (κ3) is 6.40. The van der Waals surface area contributed by atoms with Crippen molar-refractivity contribution in [3.05, 3.63) is 29.8 Å². The molecule has 0 spiro atoms. The van der Waals surface area contributed by atoms with E-state index in [1.54, 1.807) is 14.2 Å². The van der Waals surface area contributed by atoms with Gasteiger partial charge in [-0.15, -0.1) is 0 Å². The van der Waals surface area contributed by atoms with Gasteiger partial charge in [0.25, 0.3) is 0 Å². The van der Waals surface area contributed by atoms with Crippen LogP contribution >= 0.6 is 0 Å². The van der Waals surface area contributed by atoms with Gasteiger partial charge in [-0.05, 0) is 49.4 Å². The minimum Gasteiger partial charge on any atom is -0.497 e. The van der Waals surface area contributed by atoms with Gasteiger partial charge in [-0.2, -0.15) is 0 Å². The van der Waals surface area contributed by atoms with Crippen molar-refractivity contribution in [3.8, 4) is 5.75 Å². The molecular formula is C17H29NO2. The van der Waals surface area contributed by atoms with Crippen molar-refractivity contribution in [1.82, 2.24) is 5.32 Å². The first-order chi connectivity index (χ1) is 9.69. The Bertz CT molecular complexity index is 368. The molecule has 114 valence electrons. The Morgan fingerprint density at radius 3 is 2.70 bits per heavy atom. The maximum absolute atomic E-state index is 5.30. The molecule has 0 fully saturated rings. The fourth-order valence-electron chi connectivity index (χ4n) is 2.51. The van der Waals surface area contributed by atoms with Crippen LogP contribution in [0.25, 0.3) is 0 Å². The van der Waals surface area contributed by atoms with E-state index in [9.17, 15) is 0 Å². The average Bonchev–Trinajstić information content (AvgIpc) is 2.45. The quantitative estimate of drug-likeness (QED) is 0.713. The summed E-state index contributed by atoms with van der Waals surface area (Å²) in [5.41, 5.74) is 1.32. The molecule has 0 bridgehead atoms. The van der Waals surface area contributed by atoms with Gasteiger partial charge in [0.2, 0.25) is 0 Å². The molecule has 0 aromatic heterocycles. The van der Waals surface area contributed by atoms with Crippen LogP contribution in [0.2, 0.25) is 0 Å². The Kier molecular flexibility index (Phi) is 8.31. The Balaban J connectivity index is 2.62. The molecule has 0 saturated heterocycles. The van der Waals surface area contributed by atoms with Crippen LogP contribution in [0, 0.1) is 5.92 Å². The first-order valence-electron chi connectivity index (χ1n) is 7.54. The Morgan fingerprint density at radius 1 is 1.25 bits per heavy atom. The van der Waals surface area contributed by atoms with E-state index < -0.39 is 0 Å². The molecule has 1 rings (SSSR count). The van der Waals surface area contributed by atoms with E-state index in [1.165, 1.54) is 5.56 Å². The lowest BCUT2D eigenvalue weighted by Gasteiger charge is -2.22. The highest BCUT2D eigenvalue weighted by Crippen LogP contribution is 2.17. The van der Waals surface area contributed by atoms with Gasteiger partial charge in [-0.3, -0.25) is 0 Å². The number of benzene rings is 1. The molecule has 3 nitrogen and oxygen atoms in total. The summed E-state index contributed by atoms with van der Waals surface area (Å²) >= 11 is 0. The van der Waals surface area contributed by atoms with Crippen LogP contribution in [-0.2, 0) is 11.2 Å². The van der Waals surface area contributed by atoms with E-state index in [4.69, 9.17) is 9.47 Å². The van der Waals surface area contributed by atoms with Crippen LogP contribution in [-0.4, -0.2) is 33.4 Å². The lowest BCUT2D eigenvalue weighted by molar-refractivity contribution is 0.149. The Hall–Kier alpha value is -1.06. The summed E-state index contributed by atoms with van der Waals surface area (Å²) in [5.74, 6) is 1.50.